The summed E-state index contributed by atoms with van der Waals surface area (Å²) in [4.78, 5) is 34.7. The summed E-state index contributed by atoms with van der Waals surface area (Å²) < 4.78 is 1.74. The van der Waals surface area contributed by atoms with Gasteiger partial charge < -0.3 is 4.90 Å². The van der Waals surface area contributed by atoms with E-state index >= 15 is 0 Å². The molecule has 0 spiro atoms. The SMILES string of the molecule is Cc1sc2nc(SCC(=O)N3C(C)CCCC3C)n(C(C)C)c(=O)c2c1C. The van der Waals surface area contributed by atoms with E-state index in [0.29, 0.717) is 10.9 Å². The highest BCUT2D eigenvalue weighted by Gasteiger charge is 2.29. The molecule has 2 aromatic rings. The second kappa shape index (κ2) is 7.95. The largest absolute Gasteiger partial charge is 0.337 e. The van der Waals surface area contributed by atoms with Gasteiger partial charge >= 0.3 is 0 Å². The Bertz CT molecular complexity index is 906. The molecule has 2 aromatic heterocycles. The van der Waals surface area contributed by atoms with E-state index in [0.717, 1.165) is 33.5 Å². The van der Waals surface area contributed by atoms with Crippen LogP contribution in [0.25, 0.3) is 10.2 Å². The van der Waals surface area contributed by atoms with Crippen molar-refractivity contribution in [3.63, 3.8) is 0 Å². The monoisotopic (exact) mass is 407 g/mol. The number of aryl methyl sites for hydroxylation is 2. The average molecular weight is 408 g/mol. The number of carbonyl (C=O) groups excluding carboxylic acids is 1. The van der Waals surface area contributed by atoms with Gasteiger partial charge in [-0.3, -0.25) is 14.2 Å². The van der Waals surface area contributed by atoms with Crippen molar-refractivity contribution in [3.8, 4) is 0 Å². The Morgan fingerprint density at radius 1 is 1.26 bits per heavy atom. The van der Waals surface area contributed by atoms with Crippen LogP contribution in [0.1, 0.15) is 63.4 Å². The van der Waals surface area contributed by atoms with Gasteiger partial charge in [0, 0.05) is 23.0 Å². The van der Waals surface area contributed by atoms with Gasteiger partial charge in [-0.05, 0) is 66.4 Å². The highest BCUT2D eigenvalue weighted by molar-refractivity contribution is 7.99. The average Bonchev–Trinajstić information content (AvgIpc) is 2.87. The van der Waals surface area contributed by atoms with Crippen molar-refractivity contribution in [1.82, 2.24) is 14.5 Å². The van der Waals surface area contributed by atoms with Crippen molar-refractivity contribution in [1.29, 1.82) is 0 Å². The van der Waals surface area contributed by atoms with Gasteiger partial charge in [0.15, 0.2) is 5.16 Å². The fourth-order valence-corrected chi connectivity index (χ4v) is 6.03. The van der Waals surface area contributed by atoms with Crippen molar-refractivity contribution < 1.29 is 4.79 Å². The summed E-state index contributed by atoms with van der Waals surface area (Å²) in [6.45, 7) is 12.2. The number of thioether (sulfide) groups is 1. The minimum atomic E-state index is -0.000517. The molecule has 7 heteroatoms. The van der Waals surface area contributed by atoms with Gasteiger partial charge in [-0.25, -0.2) is 4.98 Å². The first-order valence-electron chi connectivity index (χ1n) is 9.68. The number of rotatable bonds is 4. The molecule has 3 rings (SSSR count). The zero-order valence-corrected chi connectivity index (χ0v) is 18.7. The fraction of sp³-hybridized carbons (Fsp3) is 0.650. The molecule has 3 heterocycles. The van der Waals surface area contributed by atoms with E-state index in [2.05, 4.69) is 13.8 Å². The van der Waals surface area contributed by atoms with Crippen LogP contribution in [0.5, 0.6) is 0 Å². The Morgan fingerprint density at radius 3 is 2.48 bits per heavy atom. The maximum atomic E-state index is 13.1. The molecule has 0 N–H and O–H groups in total. The van der Waals surface area contributed by atoms with Crippen LogP contribution in [0.3, 0.4) is 0 Å². The maximum absolute atomic E-state index is 13.1. The van der Waals surface area contributed by atoms with Crippen LogP contribution < -0.4 is 5.56 Å². The third-order valence-electron chi connectivity index (χ3n) is 5.53. The van der Waals surface area contributed by atoms with E-state index < -0.39 is 0 Å². The predicted octanol–water partition coefficient (Wildman–Crippen LogP) is 4.54. The first-order chi connectivity index (χ1) is 12.7. The molecule has 1 saturated heterocycles. The molecular formula is C20H29N3O2S2. The summed E-state index contributed by atoms with van der Waals surface area (Å²) in [7, 11) is 0. The minimum Gasteiger partial charge on any atom is -0.337 e. The number of aromatic nitrogens is 2. The number of hydrogen-bond donors (Lipinski definition) is 0. The van der Waals surface area contributed by atoms with E-state index in [9.17, 15) is 9.59 Å². The number of fused-ring (bicyclic) bond motifs is 1. The van der Waals surface area contributed by atoms with Crippen LogP contribution >= 0.6 is 23.1 Å². The Kier molecular flexibility index (Phi) is 6.01. The van der Waals surface area contributed by atoms with Crippen LogP contribution in [0.15, 0.2) is 9.95 Å². The molecule has 1 fully saturated rings. The van der Waals surface area contributed by atoms with Crippen LogP contribution in [0.4, 0.5) is 0 Å². The third kappa shape index (κ3) is 3.81. The zero-order chi connectivity index (χ0) is 19.9. The molecule has 0 aliphatic carbocycles. The van der Waals surface area contributed by atoms with Crippen molar-refractivity contribution in [2.24, 2.45) is 0 Å². The van der Waals surface area contributed by atoms with Crippen molar-refractivity contribution in [2.75, 3.05) is 5.75 Å². The molecule has 5 nitrogen and oxygen atoms in total. The lowest BCUT2D eigenvalue weighted by atomic mass is 9.98. The van der Waals surface area contributed by atoms with E-state index in [1.54, 1.807) is 15.9 Å². The predicted molar refractivity (Wildman–Crippen MR) is 114 cm³/mol. The number of nitrogens with zero attached hydrogens (tertiary/aromatic N) is 3. The molecule has 1 amide bonds. The number of thiophene rings is 1. The highest BCUT2D eigenvalue weighted by Crippen LogP contribution is 2.30. The number of hydrogen-bond acceptors (Lipinski definition) is 5. The Labute approximate surface area is 169 Å². The molecule has 1 aliphatic heterocycles. The normalized spacial score (nSPS) is 20.6. The summed E-state index contributed by atoms with van der Waals surface area (Å²) in [5, 5.41) is 1.37. The lowest BCUT2D eigenvalue weighted by Gasteiger charge is -2.39. The number of likely N-dealkylation sites (tertiary alicyclic amines) is 1. The molecule has 0 radical (unpaired) electrons. The molecule has 0 bridgehead atoms. The topological polar surface area (TPSA) is 55.2 Å². The summed E-state index contributed by atoms with van der Waals surface area (Å²) in [6, 6.07) is 0.568. The van der Waals surface area contributed by atoms with Crippen LogP contribution in [0, 0.1) is 13.8 Å². The van der Waals surface area contributed by atoms with Crippen LogP contribution in [0.2, 0.25) is 0 Å². The van der Waals surface area contributed by atoms with Gasteiger partial charge in [0.25, 0.3) is 5.56 Å². The fourth-order valence-electron chi connectivity index (χ4n) is 3.96. The van der Waals surface area contributed by atoms with Crippen LogP contribution in [-0.2, 0) is 4.79 Å². The Balaban J connectivity index is 1.91. The van der Waals surface area contributed by atoms with Gasteiger partial charge in [-0.1, -0.05) is 11.8 Å². The first-order valence-corrected chi connectivity index (χ1v) is 11.5. The molecule has 0 saturated carbocycles. The van der Waals surface area contributed by atoms with E-state index in [-0.39, 0.29) is 29.6 Å². The number of carbonyl (C=O) groups is 1. The van der Waals surface area contributed by atoms with Gasteiger partial charge in [0.1, 0.15) is 4.83 Å². The smallest absolute Gasteiger partial charge is 0.263 e. The molecule has 27 heavy (non-hydrogen) atoms. The number of piperidine rings is 1. The van der Waals surface area contributed by atoms with E-state index in [4.69, 9.17) is 4.98 Å². The van der Waals surface area contributed by atoms with Gasteiger partial charge in [-0.15, -0.1) is 11.3 Å². The molecule has 1 aliphatic rings. The van der Waals surface area contributed by atoms with Crippen molar-refractivity contribution in [2.45, 2.75) is 84.1 Å². The molecule has 148 valence electrons. The first kappa shape index (κ1) is 20.4. The van der Waals surface area contributed by atoms with Crippen LogP contribution in [-0.4, -0.2) is 38.2 Å². The lowest BCUT2D eigenvalue weighted by molar-refractivity contribution is -0.134. The van der Waals surface area contributed by atoms with E-state index in [1.807, 2.05) is 32.6 Å². The molecule has 0 aromatic carbocycles. The highest BCUT2D eigenvalue weighted by atomic mass is 32.2. The number of amides is 1. The Morgan fingerprint density at radius 2 is 1.89 bits per heavy atom. The van der Waals surface area contributed by atoms with Gasteiger partial charge in [0.05, 0.1) is 11.1 Å². The summed E-state index contributed by atoms with van der Waals surface area (Å²) in [5.41, 5.74) is 1.03. The van der Waals surface area contributed by atoms with Crippen molar-refractivity contribution in [3.05, 3.63) is 20.8 Å². The second-order valence-corrected chi connectivity index (χ2v) is 9.99. The standard InChI is InChI=1S/C20H29N3O2S2/c1-11(2)22-19(25)17-14(5)15(6)27-18(17)21-20(22)26-10-16(24)23-12(3)8-7-9-13(23)4/h11-13H,7-10H2,1-6H3. The van der Waals surface area contributed by atoms with E-state index in [1.165, 1.54) is 18.2 Å². The minimum absolute atomic E-state index is 0.000517. The second-order valence-electron chi connectivity index (χ2n) is 7.85. The van der Waals surface area contributed by atoms with Crippen molar-refractivity contribution >= 4 is 39.2 Å². The maximum Gasteiger partial charge on any atom is 0.263 e. The molecular weight excluding hydrogens is 378 g/mol. The summed E-state index contributed by atoms with van der Waals surface area (Å²) >= 11 is 2.95. The quantitative estimate of drug-likeness (QED) is 0.552. The van der Waals surface area contributed by atoms with Gasteiger partial charge in [0.2, 0.25) is 5.91 Å². The molecule has 2 unspecified atom stereocenters. The third-order valence-corrected chi connectivity index (χ3v) is 7.56. The van der Waals surface area contributed by atoms with Gasteiger partial charge in [-0.2, -0.15) is 0 Å². The molecule has 2 atom stereocenters. The summed E-state index contributed by atoms with van der Waals surface area (Å²) in [6.07, 6.45) is 3.31. The zero-order valence-electron chi connectivity index (χ0n) is 17.0. The lowest BCUT2D eigenvalue weighted by Crippen LogP contribution is -2.48. The Hall–Kier alpha value is -1.34. The summed E-state index contributed by atoms with van der Waals surface area (Å²) in [5.74, 6) is 0.464.